The first-order chi connectivity index (χ1) is 8.25. The number of carbonyl (C=O) groups excluding carboxylic acids is 1. The third-order valence-corrected chi connectivity index (χ3v) is 2.62. The lowest BCUT2D eigenvalue weighted by molar-refractivity contribution is -0.155. The Morgan fingerprint density at radius 1 is 1.50 bits per heavy atom. The molecule has 6 heteroatoms. The summed E-state index contributed by atoms with van der Waals surface area (Å²) in [6.07, 6.45) is 1.77. The molecule has 1 atom stereocenters. The fourth-order valence-corrected chi connectivity index (χ4v) is 1.46. The zero-order chi connectivity index (χ0) is 13.9. The zero-order valence-corrected chi connectivity index (χ0v) is 10.7. The van der Waals surface area contributed by atoms with Gasteiger partial charge in [-0.05, 0) is 32.9 Å². The van der Waals surface area contributed by atoms with E-state index in [1.165, 1.54) is 0 Å². The number of aliphatic carboxylic acids is 1. The van der Waals surface area contributed by atoms with Crippen molar-refractivity contribution >= 4 is 11.9 Å². The van der Waals surface area contributed by atoms with E-state index in [1.54, 1.807) is 22.9 Å². The first kappa shape index (κ1) is 14.2. The van der Waals surface area contributed by atoms with Crippen molar-refractivity contribution in [2.45, 2.75) is 32.4 Å². The van der Waals surface area contributed by atoms with Gasteiger partial charge in [0.1, 0.15) is 5.69 Å². The van der Waals surface area contributed by atoms with E-state index in [2.05, 4.69) is 5.32 Å². The molecule has 0 fully saturated rings. The predicted molar refractivity (Wildman–Crippen MR) is 65.4 cm³/mol. The second kappa shape index (κ2) is 5.22. The molecule has 0 aliphatic carbocycles. The molecule has 1 aromatic rings. The minimum absolute atomic E-state index is 0.126. The molecule has 0 radical (unpaired) electrons. The van der Waals surface area contributed by atoms with Crippen LogP contribution >= 0.6 is 0 Å². The molecule has 6 nitrogen and oxygen atoms in total. The SMILES string of the molecule is CC(C)n1cccc1C(=O)NCC(C)(O)C(=O)O. The van der Waals surface area contributed by atoms with Crippen molar-refractivity contribution < 1.29 is 19.8 Å². The summed E-state index contributed by atoms with van der Waals surface area (Å²) >= 11 is 0. The van der Waals surface area contributed by atoms with E-state index >= 15 is 0 Å². The molecule has 0 bridgehead atoms. The molecular formula is C12H18N2O4. The van der Waals surface area contributed by atoms with Gasteiger partial charge >= 0.3 is 5.97 Å². The number of carbonyl (C=O) groups is 2. The Balaban J connectivity index is 2.72. The molecule has 0 spiro atoms. The van der Waals surface area contributed by atoms with Gasteiger partial charge in [0, 0.05) is 12.2 Å². The molecule has 3 N–H and O–H groups in total. The summed E-state index contributed by atoms with van der Waals surface area (Å²) in [5, 5.41) is 20.6. The number of nitrogens with one attached hydrogen (secondary N) is 1. The summed E-state index contributed by atoms with van der Waals surface area (Å²) in [5.41, 5.74) is -1.53. The Hall–Kier alpha value is -1.82. The van der Waals surface area contributed by atoms with Crippen LogP contribution in [-0.4, -0.2) is 38.8 Å². The summed E-state index contributed by atoms with van der Waals surface area (Å²) in [6.45, 7) is 4.66. The molecule has 0 saturated heterocycles. The summed E-state index contributed by atoms with van der Waals surface area (Å²) in [6, 6.07) is 3.51. The number of carboxylic acids is 1. The van der Waals surface area contributed by atoms with Crippen LogP contribution in [0.25, 0.3) is 0 Å². The van der Waals surface area contributed by atoms with Gasteiger partial charge in [0.2, 0.25) is 0 Å². The lowest BCUT2D eigenvalue weighted by atomic mass is 10.1. The highest BCUT2D eigenvalue weighted by atomic mass is 16.4. The maximum Gasteiger partial charge on any atom is 0.337 e. The standard InChI is InChI=1S/C12H18N2O4/c1-8(2)14-6-4-5-9(14)10(15)13-7-12(3,18)11(16)17/h4-6,8,18H,7H2,1-3H3,(H,13,15)(H,16,17). The van der Waals surface area contributed by atoms with Crippen LogP contribution in [0.1, 0.15) is 37.3 Å². The average Bonchev–Trinajstić information content (AvgIpc) is 2.74. The molecule has 1 rings (SSSR count). The molecule has 0 aliphatic heterocycles. The molecule has 0 saturated carbocycles. The molecule has 18 heavy (non-hydrogen) atoms. The van der Waals surface area contributed by atoms with Crippen molar-refractivity contribution in [2.75, 3.05) is 6.54 Å². The van der Waals surface area contributed by atoms with Crippen molar-refractivity contribution in [3.05, 3.63) is 24.0 Å². The number of hydrogen-bond acceptors (Lipinski definition) is 3. The molecule has 100 valence electrons. The Morgan fingerprint density at radius 2 is 2.11 bits per heavy atom. The summed E-state index contributed by atoms with van der Waals surface area (Å²) in [7, 11) is 0. The second-order valence-corrected chi connectivity index (χ2v) is 4.66. The highest BCUT2D eigenvalue weighted by Gasteiger charge is 2.30. The van der Waals surface area contributed by atoms with E-state index in [1.807, 2.05) is 13.8 Å². The van der Waals surface area contributed by atoms with E-state index in [0.717, 1.165) is 6.92 Å². The van der Waals surface area contributed by atoms with E-state index < -0.39 is 17.5 Å². The van der Waals surface area contributed by atoms with E-state index in [0.29, 0.717) is 5.69 Å². The van der Waals surface area contributed by atoms with Crippen LogP contribution in [0.4, 0.5) is 0 Å². The molecular weight excluding hydrogens is 236 g/mol. The number of carboxylic acid groups (broad SMARTS) is 1. The van der Waals surface area contributed by atoms with Crippen LogP contribution in [0.5, 0.6) is 0 Å². The zero-order valence-electron chi connectivity index (χ0n) is 10.7. The fourth-order valence-electron chi connectivity index (χ4n) is 1.46. The number of amides is 1. The van der Waals surface area contributed by atoms with E-state index in [-0.39, 0.29) is 12.6 Å². The molecule has 0 aliphatic rings. The molecule has 1 unspecified atom stereocenters. The van der Waals surface area contributed by atoms with Gasteiger partial charge in [0.25, 0.3) is 5.91 Å². The number of hydrogen-bond donors (Lipinski definition) is 3. The Bertz CT molecular complexity index is 449. The van der Waals surface area contributed by atoms with Crippen molar-refractivity contribution in [3.8, 4) is 0 Å². The second-order valence-electron chi connectivity index (χ2n) is 4.66. The minimum Gasteiger partial charge on any atom is -0.479 e. The lowest BCUT2D eigenvalue weighted by Gasteiger charge is -2.19. The van der Waals surface area contributed by atoms with Crippen molar-refractivity contribution in [2.24, 2.45) is 0 Å². The average molecular weight is 254 g/mol. The Morgan fingerprint density at radius 3 is 2.61 bits per heavy atom. The van der Waals surface area contributed by atoms with Crippen LogP contribution in [0.15, 0.2) is 18.3 Å². The van der Waals surface area contributed by atoms with Gasteiger partial charge in [-0.2, -0.15) is 0 Å². The van der Waals surface area contributed by atoms with E-state index in [4.69, 9.17) is 5.11 Å². The first-order valence-corrected chi connectivity index (χ1v) is 5.66. The molecule has 0 aromatic carbocycles. The van der Waals surface area contributed by atoms with Crippen LogP contribution in [-0.2, 0) is 4.79 Å². The first-order valence-electron chi connectivity index (χ1n) is 5.66. The number of rotatable bonds is 5. The van der Waals surface area contributed by atoms with Gasteiger partial charge in [-0.25, -0.2) is 4.79 Å². The minimum atomic E-state index is -1.97. The van der Waals surface area contributed by atoms with Crippen LogP contribution in [0, 0.1) is 0 Å². The monoisotopic (exact) mass is 254 g/mol. The summed E-state index contributed by atoms with van der Waals surface area (Å²) in [4.78, 5) is 22.6. The van der Waals surface area contributed by atoms with Gasteiger partial charge in [0.05, 0.1) is 6.54 Å². The van der Waals surface area contributed by atoms with Crippen molar-refractivity contribution in [3.63, 3.8) is 0 Å². The maximum absolute atomic E-state index is 11.9. The maximum atomic E-state index is 11.9. The van der Waals surface area contributed by atoms with Crippen molar-refractivity contribution in [1.29, 1.82) is 0 Å². The van der Waals surface area contributed by atoms with E-state index in [9.17, 15) is 14.7 Å². The van der Waals surface area contributed by atoms with Gasteiger partial charge in [0.15, 0.2) is 5.60 Å². The predicted octanol–water partition coefficient (Wildman–Crippen LogP) is 0.634. The van der Waals surface area contributed by atoms with Gasteiger partial charge in [-0.1, -0.05) is 0 Å². The normalized spacial score (nSPS) is 14.3. The number of aromatic nitrogens is 1. The largest absolute Gasteiger partial charge is 0.479 e. The Kier molecular flexibility index (Phi) is 4.13. The van der Waals surface area contributed by atoms with Crippen LogP contribution in [0.2, 0.25) is 0 Å². The molecule has 1 heterocycles. The molecule has 1 amide bonds. The fraction of sp³-hybridized carbons (Fsp3) is 0.500. The van der Waals surface area contributed by atoms with Gasteiger partial charge in [-0.3, -0.25) is 4.79 Å². The van der Waals surface area contributed by atoms with Crippen LogP contribution < -0.4 is 5.32 Å². The highest BCUT2D eigenvalue weighted by Crippen LogP contribution is 2.11. The van der Waals surface area contributed by atoms with Crippen LogP contribution in [0.3, 0.4) is 0 Å². The van der Waals surface area contributed by atoms with Gasteiger partial charge in [-0.15, -0.1) is 0 Å². The third kappa shape index (κ3) is 3.10. The summed E-state index contributed by atoms with van der Waals surface area (Å²) < 4.78 is 1.77. The Labute approximate surface area is 105 Å². The van der Waals surface area contributed by atoms with Crippen molar-refractivity contribution in [1.82, 2.24) is 9.88 Å². The number of aliphatic hydroxyl groups is 1. The van der Waals surface area contributed by atoms with Gasteiger partial charge < -0.3 is 20.1 Å². The smallest absolute Gasteiger partial charge is 0.337 e. The summed E-state index contributed by atoms with van der Waals surface area (Å²) in [5.74, 6) is -1.78. The lowest BCUT2D eigenvalue weighted by Crippen LogP contribution is -2.46. The topological polar surface area (TPSA) is 91.6 Å². The number of nitrogens with zero attached hydrogens (tertiary/aromatic N) is 1. The highest BCUT2D eigenvalue weighted by molar-refractivity contribution is 5.93. The third-order valence-electron chi connectivity index (χ3n) is 2.62. The molecule has 1 aromatic heterocycles. The quantitative estimate of drug-likeness (QED) is 0.719.